The maximum Gasteiger partial charge on any atom is 0.0839 e. The van der Waals surface area contributed by atoms with E-state index in [1.165, 1.54) is 0 Å². The molecule has 0 unspecified atom stereocenters. The smallest absolute Gasteiger partial charge is 0.0839 e. The molecule has 0 atom stereocenters. The van der Waals surface area contributed by atoms with Crippen LogP contribution < -0.4 is 0 Å². The topological polar surface area (TPSA) is 16.1 Å². The molecule has 0 aliphatic carbocycles. The summed E-state index contributed by atoms with van der Waals surface area (Å²) in [6, 6.07) is 5.72. The number of rotatable bonds is 3. The van der Waals surface area contributed by atoms with Crippen molar-refractivity contribution in [3.05, 3.63) is 30.6 Å². The van der Waals surface area contributed by atoms with Crippen LogP contribution in [0.2, 0.25) is 0 Å². The first-order valence-corrected chi connectivity index (χ1v) is 7.78. The van der Waals surface area contributed by atoms with E-state index in [9.17, 15) is 0 Å². The normalized spacial score (nSPS) is 9.07. The third kappa shape index (κ3) is 7.27. The molecule has 1 aromatic rings. The Bertz CT molecular complexity index is 249. The van der Waals surface area contributed by atoms with E-state index in [1.807, 2.05) is 18.2 Å². The van der Waals surface area contributed by atoms with E-state index < -0.39 is 5.62 Å². The van der Waals surface area contributed by atoms with Gasteiger partial charge in [-0.3, -0.25) is 4.98 Å². The molecule has 0 aliphatic heterocycles. The lowest BCUT2D eigenvalue weighted by Gasteiger charge is -2.09. The number of hydrogen-bond donors (Lipinski definition) is 0. The standard InChI is InChI=1S/C5H5N.C4H10NPS2/c1-2-4-6-5-3-1;1-3-5(4-2)6(7)8/h1-5H;3-4H2,1-2H3. The van der Waals surface area contributed by atoms with Gasteiger partial charge in [0.25, 0.3) is 0 Å². The Labute approximate surface area is 96.5 Å². The summed E-state index contributed by atoms with van der Waals surface area (Å²) >= 11 is 9.81. The second kappa shape index (κ2) is 9.41. The van der Waals surface area contributed by atoms with Crippen LogP contribution in [0.3, 0.4) is 0 Å². The largest absolute Gasteiger partial charge is 0.265 e. The fraction of sp³-hybridized carbons (Fsp3) is 0.444. The number of hydrogen-bond acceptors (Lipinski definition) is 3. The number of nitrogens with zero attached hydrogens (tertiary/aromatic N) is 2. The van der Waals surface area contributed by atoms with E-state index in [4.69, 9.17) is 23.6 Å². The molecular weight excluding hydrogens is 231 g/mol. The van der Waals surface area contributed by atoms with Crippen molar-refractivity contribution in [3.63, 3.8) is 0 Å². The maximum absolute atomic E-state index is 4.90. The lowest BCUT2D eigenvalue weighted by molar-refractivity contribution is 0.522. The molecule has 2 nitrogen and oxygen atoms in total. The minimum Gasteiger partial charge on any atom is -0.265 e. The van der Waals surface area contributed by atoms with Gasteiger partial charge in [0.1, 0.15) is 0 Å². The van der Waals surface area contributed by atoms with Crippen LogP contribution in [0.5, 0.6) is 0 Å². The maximum atomic E-state index is 4.90. The zero-order valence-electron chi connectivity index (χ0n) is 8.46. The Balaban J connectivity index is 0.000000249. The molecule has 1 rings (SSSR count). The minimum absolute atomic E-state index is 0.664. The van der Waals surface area contributed by atoms with Crippen LogP contribution in [-0.2, 0) is 23.6 Å². The highest BCUT2D eigenvalue weighted by Crippen LogP contribution is 2.11. The van der Waals surface area contributed by atoms with Gasteiger partial charge in [0.15, 0.2) is 0 Å². The molecule has 1 aromatic heterocycles. The third-order valence-electron chi connectivity index (χ3n) is 1.53. The highest BCUT2D eigenvalue weighted by atomic mass is 32.7. The second-order valence-corrected chi connectivity index (χ2v) is 6.21. The summed E-state index contributed by atoms with van der Waals surface area (Å²) in [5.41, 5.74) is -0.664. The van der Waals surface area contributed by atoms with Gasteiger partial charge in [-0.05, 0) is 35.7 Å². The van der Waals surface area contributed by atoms with Crippen molar-refractivity contribution in [3.8, 4) is 0 Å². The molecule has 5 heteroatoms. The van der Waals surface area contributed by atoms with Crippen LogP contribution in [0.15, 0.2) is 30.6 Å². The van der Waals surface area contributed by atoms with Crippen molar-refractivity contribution < 1.29 is 0 Å². The van der Waals surface area contributed by atoms with Gasteiger partial charge in [-0.15, -0.1) is 0 Å². The summed E-state index contributed by atoms with van der Waals surface area (Å²) < 4.78 is 2.11. The molecule has 0 aromatic carbocycles. The first-order valence-electron chi connectivity index (χ1n) is 4.46. The summed E-state index contributed by atoms with van der Waals surface area (Å²) in [5, 5.41) is 0. The van der Waals surface area contributed by atoms with Crippen molar-refractivity contribution in [2.24, 2.45) is 0 Å². The molecule has 0 spiro atoms. The first-order chi connectivity index (χ1) is 6.72. The molecule has 0 aliphatic rings. The Kier molecular flexibility index (Phi) is 9.31. The van der Waals surface area contributed by atoms with Crippen LogP contribution in [0.4, 0.5) is 0 Å². The van der Waals surface area contributed by atoms with Gasteiger partial charge in [0, 0.05) is 25.5 Å². The van der Waals surface area contributed by atoms with Crippen LogP contribution in [0, 0.1) is 0 Å². The summed E-state index contributed by atoms with van der Waals surface area (Å²) in [5.74, 6) is 0. The molecule has 0 amide bonds. The average Bonchev–Trinajstić information content (AvgIpc) is 2.22. The van der Waals surface area contributed by atoms with Gasteiger partial charge < -0.3 is 0 Å². The molecule has 78 valence electrons. The predicted molar refractivity (Wildman–Crippen MR) is 68.8 cm³/mol. The molecule has 1 heterocycles. The van der Waals surface area contributed by atoms with Crippen LogP contribution in [-0.4, -0.2) is 22.7 Å². The van der Waals surface area contributed by atoms with Gasteiger partial charge in [0.2, 0.25) is 0 Å². The fourth-order valence-electron chi connectivity index (χ4n) is 0.767. The van der Waals surface area contributed by atoms with Crippen LogP contribution in [0.1, 0.15) is 13.8 Å². The highest BCUT2D eigenvalue weighted by Gasteiger charge is 1.93. The third-order valence-corrected chi connectivity index (χ3v) is 3.94. The molecular formula is C9H15N2PS2. The molecule has 0 saturated carbocycles. The van der Waals surface area contributed by atoms with E-state index in [2.05, 4.69) is 23.5 Å². The van der Waals surface area contributed by atoms with E-state index in [1.54, 1.807) is 12.4 Å². The summed E-state index contributed by atoms with van der Waals surface area (Å²) in [7, 11) is 0. The minimum atomic E-state index is -0.664. The van der Waals surface area contributed by atoms with Gasteiger partial charge in [-0.1, -0.05) is 19.9 Å². The molecule has 0 saturated heterocycles. The average molecular weight is 246 g/mol. The quantitative estimate of drug-likeness (QED) is 0.762. The van der Waals surface area contributed by atoms with Gasteiger partial charge in [-0.2, -0.15) is 0 Å². The predicted octanol–water partition coefficient (Wildman–Crippen LogP) is 2.73. The molecule has 0 fully saturated rings. The SMILES string of the molecule is CCN(CC)P(=S)=S.c1ccncc1. The zero-order valence-corrected chi connectivity index (χ0v) is 11.0. The van der Waals surface area contributed by atoms with Gasteiger partial charge in [0.05, 0.1) is 5.62 Å². The van der Waals surface area contributed by atoms with Gasteiger partial charge >= 0.3 is 0 Å². The second-order valence-electron chi connectivity index (χ2n) is 2.40. The Hall–Kier alpha value is -0.150. The fourth-order valence-corrected chi connectivity index (χ4v) is 2.61. The number of aromatic nitrogens is 1. The molecule has 14 heavy (non-hydrogen) atoms. The van der Waals surface area contributed by atoms with Crippen LogP contribution in [0.25, 0.3) is 0 Å². The van der Waals surface area contributed by atoms with Gasteiger partial charge in [-0.25, -0.2) is 4.67 Å². The first kappa shape index (κ1) is 13.8. The highest BCUT2D eigenvalue weighted by molar-refractivity contribution is 8.24. The summed E-state index contributed by atoms with van der Waals surface area (Å²) in [4.78, 5) is 3.78. The monoisotopic (exact) mass is 246 g/mol. The van der Waals surface area contributed by atoms with Crippen molar-refractivity contribution >= 4 is 29.2 Å². The lowest BCUT2D eigenvalue weighted by Crippen LogP contribution is -2.10. The molecule has 0 bridgehead atoms. The Morgan fingerprint density at radius 2 is 1.57 bits per heavy atom. The van der Waals surface area contributed by atoms with Crippen molar-refractivity contribution in [1.29, 1.82) is 0 Å². The van der Waals surface area contributed by atoms with E-state index in [0.29, 0.717) is 0 Å². The van der Waals surface area contributed by atoms with Crippen LogP contribution >= 0.6 is 5.62 Å². The van der Waals surface area contributed by atoms with E-state index >= 15 is 0 Å². The zero-order chi connectivity index (χ0) is 10.8. The molecule has 0 N–H and O–H groups in total. The molecule has 0 radical (unpaired) electrons. The van der Waals surface area contributed by atoms with E-state index in [-0.39, 0.29) is 0 Å². The van der Waals surface area contributed by atoms with Crippen molar-refractivity contribution in [2.75, 3.05) is 13.1 Å². The summed E-state index contributed by atoms with van der Waals surface area (Å²) in [6.07, 6.45) is 3.50. The Morgan fingerprint density at radius 1 is 1.07 bits per heavy atom. The summed E-state index contributed by atoms with van der Waals surface area (Å²) in [6.45, 7) is 6.15. The van der Waals surface area contributed by atoms with E-state index in [0.717, 1.165) is 13.1 Å². The Morgan fingerprint density at radius 3 is 1.64 bits per heavy atom. The lowest BCUT2D eigenvalue weighted by atomic mass is 10.5. The van der Waals surface area contributed by atoms with Crippen molar-refractivity contribution in [1.82, 2.24) is 9.65 Å². The number of pyridine rings is 1. The van der Waals surface area contributed by atoms with Crippen molar-refractivity contribution in [2.45, 2.75) is 13.8 Å².